The van der Waals surface area contributed by atoms with Gasteiger partial charge in [0.1, 0.15) is 18.0 Å². The van der Waals surface area contributed by atoms with E-state index >= 15 is 0 Å². The maximum atomic E-state index is 13.3. The molecule has 3 aromatic rings. The van der Waals surface area contributed by atoms with Crippen molar-refractivity contribution in [3.8, 4) is 5.69 Å². The molecule has 140 valence electrons. The molecular formula is C20H21FN4O2. The van der Waals surface area contributed by atoms with Crippen molar-refractivity contribution in [1.29, 1.82) is 0 Å². The highest BCUT2D eigenvalue weighted by Gasteiger charge is 2.28. The summed E-state index contributed by atoms with van der Waals surface area (Å²) < 4.78 is 15.3. The van der Waals surface area contributed by atoms with Gasteiger partial charge in [0, 0.05) is 24.5 Å². The maximum Gasteiger partial charge on any atom is 0.308 e. The minimum Gasteiger partial charge on any atom is -0.481 e. The summed E-state index contributed by atoms with van der Waals surface area (Å²) in [5.74, 6) is -0.661. The first-order chi connectivity index (χ1) is 13.0. The molecule has 3 heterocycles. The fourth-order valence-electron chi connectivity index (χ4n) is 3.90. The Balaban J connectivity index is 1.86. The van der Waals surface area contributed by atoms with Gasteiger partial charge in [0.2, 0.25) is 0 Å². The molecule has 0 unspecified atom stereocenters. The van der Waals surface area contributed by atoms with Crippen molar-refractivity contribution < 1.29 is 14.3 Å². The SMILES string of the molecule is Cc1c(C)n(-c2ccc(F)cc2)c2ncnc(N3CCC[C@@H](C(=O)O)C3)c12. The van der Waals surface area contributed by atoms with Gasteiger partial charge >= 0.3 is 5.97 Å². The average molecular weight is 368 g/mol. The Morgan fingerprint density at radius 3 is 2.67 bits per heavy atom. The fraction of sp³-hybridized carbons (Fsp3) is 0.350. The van der Waals surface area contributed by atoms with Crippen molar-refractivity contribution in [2.24, 2.45) is 5.92 Å². The van der Waals surface area contributed by atoms with Gasteiger partial charge in [0.25, 0.3) is 0 Å². The summed E-state index contributed by atoms with van der Waals surface area (Å²) in [6.07, 6.45) is 3.02. The van der Waals surface area contributed by atoms with Crippen LogP contribution in [0, 0.1) is 25.6 Å². The van der Waals surface area contributed by atoms with E-state index in [2.05, 4.69) is 9.97 Å². The Labute approximate surface area is 156 Å². The summed E-state index contributed by atoms with van der Waals surface area (Å²) in [5, 5.41) is 10.3. The predicted molar refractivity (Wildman–Crippen MR) is 101 cm³/mol. The lowest BCUT2D eigenvalue weighted by atomic mass is 9.98. The van der Waals surface area contributed by atoms with Crippen molar-refractivity contribution >= 4 is 22.8 Å². The van der Waals surface area contributed by atoms with Gasteiger partial charge in [-0.2, -0.15) is 0 Å². The molecule has 2 aromatic heterocycles. The zero-order chi connectivity index (χ0) is 19.1. The molecule has 1 atom stereocenters. The van der Waals surface area contributed by atoms with E-state index in [1.165, 1.54) is 18.5 Å². The van der Waals surface area contributed by atoms with Crippen LogP contribution in [0.15, 0.2) is 30.6 Å². The largest absolute Gasteiger partial charge is 0.481 e. The number of hydrogen-bond acceptors (Lipinski definition) is 4. The quantitative estimate of drug-likeness (QED) is 0.766. The molecular weight excluding hydrogens is 347 g/mol. The fourth-order valence-corrected chi connectivity index (χ4v) is 3.90. The summed E-state index contributed by atoms with van der Waals surface area (Å²) in [4.78, 5) is 22.5. The Bertz CT molecular complexity index is 1010. The molecule has 0 amide bonds. The lowest BCUT2D eigenvalue weighted by Gasteiger charge is -2.32. The molecule has 27 heavy (non-hydrogen) atoms. The van der Waals surface area contributed by atoms with Gasteiger partial charge in [0.05, 0.1) is 11.3 Å². The molecule has 0 spiro atoms. The van der Waals surface area contributed by atoms with Gasteiger partial charge in [-0.05, 0) is 56.5 Å². The topological polar surface area (TPSA) is 71.2 Å². The summed E-state index contributed by atoms with van der Waals surface area (Å²) in [6.45, 7) is 5.24. The van der Waals surface area contributed by atoms with Gasteiger partial charge in [-0.15, -0.1) is 0 Å². The van der Waals surface area contributed by atoms with Gasteiger partial charge in [0.15, 0.2) is 5.65 Å². The van der Waals surface area contributed by atoms with Gasteiger partial charge < -0.3 is 10.0 Å². The van der Waals surface area contributed by atoms with E-state index < -0.39 is 5.97 Å². The Morgan fingerprint density at radius 1 is 1.22 bits per heavy atom. The monoisotopic (exact) mass is 368 g/mol. The lowest BCUT2D eigenvalue weighted by Crippen LogP contribution is -2.39. The number of anilines is 1. The molecule has 0 aliphatic carbocycles. The Kier molecular flexibility index (Phi) is 4.30. The van der Waals surface area contributed by atoms with Crippen molar-refractivity contribution in [2.45, 2.75) is 26.7 Å². The number of rotatable bonds is 3. The van der Waals surface area contributed by atoms with Crippen molar-refractivity contribution in [2.75, 3.05) is 18.0 Å². The van der Waals surface area contributed by atoms with Crippen LogP contribution < -0.4 is 4.90 Å². The number of aryl methyl sites for hydroxylation is 1. The van der Waals surface area contributed by atoms with Crippen LogP contribution in [0.2, 0.25) is 0 Å². The third-order valence-corrected chi connectivity index (χ3v) is 5.43. The number of halogens is 1. The number of carboxylic acid groups (broad SMARTS) is 1. The molecule has 6 nitrogen and oxygen atoms in total. The minimum absolute atomic E-state index is 0.284. The summed E-state index contributed by atoms with van der Waals surface area (Å²) in [7, 11) is 0. The van der Waals surface area contributed by atoms with E-state index in [0.717, 1.165) is 46.8 Å². The average Bonchev–Trinajstić information content (AvgIpc) is 2.93. The van der Waals surface area contributed by atoms with Crippen molar-refractivity contribution in [3.63, 3.8) is 0 Å². The zero-order valence-corrected chi connectivity index (χ0v) is 15.3. The number of fused-ring (bicyclic) bond motifs is 1. The van der Waals surface area contributed by atoms with Crippen LogP contribution in [-0.2, 0) is 4.79 Å². The molecule has 1 saturated heterocycles. The molecule has 1 aliphatic heterocycles. The molecule has 0 bridgehead atoms. The van der Waals surface area contributed by atoms with E-state index in [1.807, 2.05) is 23.3 Å². The highest BCUT2D eigenvalue weighted by atomic mass is 19.1. The third kappa shape index (κ3) is 2.93. The van der Waals surface area contributed by atoms with Crippen LogP contribution in [0.5, 0.6) is 0 Å². The molecule has 7 heteroatoms. The van der Waals surface area contributed by atoms with Crippen LogP contribution in [0.3, 0.4) is 0 Å². The zero-order valence-electron chi connectivity index (χ0n) is 15.3. The minimum atomic E-state index is -0.762. The number of aliphatic carboxylic acids is 1. The molecule has 1 fully saturated rings. The molecule has 1 N–H and O–H groups in total. The van der Waals surface area contributed by atoms with Gasteiger partial charge in [-0.3, -0.25) is 9.36 Å². The number of hydrogen-bond donors (Lipinski definition) is 1. The number of piperidine rings is 1. The standard InChI is InChI=1S/C20H21FN4O2/c1-12-13(2)25(16-7-5-15(21)6-8-16)19-17(12)18(22-11-23-19)24-9-3-4-14(10-24)20(26)27/h5-8,11,14H,3-4,9-10H2,1-2H3,(H,26,27)/t14-/m1/s1. The highest BCUT2D eigenvalue weighted by molar-refractivity contribution is 5.93. The molecule has 1 aliphatic rings. The van der Waals surface area contributed by atoms with Crippen LogP contribution in [0.4, 0.5) is 10.2 Å². The highest BCUT2D eigenvalue weighted by Crippen LogP contribution is 2.34. The van der Waals surface area contributed by atoms with Gasteiger partial charge in [-0.25, -0.2) is 14.4 Å². The predicted octanol–water partition coefficient (Wildman–Crippen LogP) is 3.48. The summed E-state index contributed by atoms with van der Waals surface area (Å²) in [6, 6.07) is 6.31. The molecule has 4 rings (SSSR count). The number of carboxylic acids is 1. The Hall–Kier alpha value is -2.96. The van der Waals surface area contributed by atoms with E-state index in [9.17, 15) is 14.3 Å². The van der Waals surface area contributed by atoms with Crippen LogP contribution >= 0.6 is 0 Å². The Morgan fingerprint density at radius 2 is 1.96 bits per heavy atom. The molecule has 0 saturated carbocycles. The number of aromatic nitrogens is 3. The number of benzene rings is 1. The second-order valence-corrected chi connectivity index (χ2v) is 7.04. The number of carbonyl (C=O) groups is 1. The first-order valence-electron chi connectivity index (χ1n) is 9.03. The molecule has 0 radical (unpaired) electrons. The normalized spacial score (nSPS) is 17.4. The van der Waals surface area contributed by atoms with Crippen molar-refractivity contribution in [3.05, 3.63) is 47.7 Å². The second kappa shape index (κ2) is 6.64. The van der Waals surface area contributed by atoms with E-state index in [4.69, 9.17) is 0 Å². The van der Waals surface area contributed by atoms with Crippen molar-refractivity contribution in [1.82, 2.24) is 14.5 Å². The first-order valence-corrected chi connectivity index (χ1v) is 9.03. The maximum absolute atomic E-state index is 13.3. The second-order valence-electron chi connectivity index (χ2n) is 7.04. The molecule has 1 aromatic carbocycles. The smallest absolute Gasteiger partial charge is 0.308 e. The summed E-state index contributed by atoms with van der Waals surface area (Å²) in [5.41, 5.74) is 3.63. The van der Waals surface area contributed by atoms with Crippen LogP contribution in [0.1, 0.15) is 24.1 Å². The van der Waals surface area contributed by atoms with Gasteiger partial charge in [-0.1, -0.05) is 0 Å². The van der Waals surface area contributed by atoms with Crippen LogP contribution in [0.25, 0.3) is 16.7 Å². The third-order valence-electron chi connectivity index (χ3n) is 5.43. The summed E-state index contributed by atoms with van der Waals surface area (Å²) >= 11 is 0. The van der Waals surface area contributed by atoms with E-state index in [1.54, 1.807) is 12.1 Å². The number of nitrogens with zero attached hydrogens (tertiary/aromatic N) is 4. The lowest BCUT2D eigenvalue weighted by molar-refractivity contribution is -0.141. The van der Waals surface area contributed by atoms with Crippen LogP contribution in [-0.4, -0.2) is 38.7 Å². The van der Waals surface area contributed by atoms with E-state index in [-0.39, 0.29) is 11.7 Å². The first kappa shape index (κ1) is 17.5. The van der Waals surface area contributed by atoms with E-state index in [0.29, 0.717) is 13.0 Å².